The van der Waals surface area contributed by atoms with Gasteiger partial charge in [0.25, 0.3) is 0 Å². The number of pyridine rings is 1. The Hall–Kier alpha value is -4.36. The quantitative estimate of drug-likeness (QED) is 0.258. The molecule has 4 aromatic rings. The lowest BCUT2D eigenvalue weighted by Gasteiger charge is -2.36. The summed E-state index contributed by atoms with van der Waals surface area (Å²) < 4.78 is 39.5. The molecule has 1 atom stereocenters. The van der Waals surface area contributed by atoms with Gasteiger partial charge in [0.2, 0.25) is 0 Å². The van der Waals surface area contributed by atoms with E-state index < -0.39 is 5.82 Å². The zero-order valence-electron chi connectivity index (χ0n) is 23.8. The molecule has 2 aliphatic heterocycles. The molecular formula is C34H29ClFN3O5. The van der Waals surface area contributed by atoms with Gasteiger partial charge in [-0.2, -0.15) is 5.26 Å². The van der Waals surface area contributed by atoms with Crippen LogP contribution in [0.4, 0.5) is 4.39 Å². The van der Waals surface area contributed by atoms with Gasteiger partial charge in [-0.05, 0) is 53.8 Å². The number of ether oxygens (including phenoxy) is 4. The van der Waals surface area contributed by atoms with Crippen molar-refractivity contribution in [3.8, 4) is 40.2 Å². The van der Waals surface area contributed by atoms with Crippen LogP contribution >= 0.6 is 11.6 Å². The van der Waals surface area contributed by atoms with Gasteiger partial charge in [-0.25, -0.2) is 4.39 Å². The van der Waals surface area contributed by atoms with E-state index in [0.717, 1.165) is 27.8 Å². The van der Waals surface area contributed by atoms with Crippen molar-refractivity contribution in [1.29, 1.82) is 5.26 Å². The first-order valence-corrected chi connectivity index (χ1v) is 14.9. The Morgan fingerprint density at radius 2 is 1.93 bits per heavy atom. The van der Waals surface area contributed by atoms with Gasteiger partial charge in [0.1, 0.15) is 43.5 Å². The van der Waals surface area contributed by atoms with Crippen molar-refractivity contribution in [3.05, 3.63) is 99.6 Å². The third-order valence-corrected chi connectivity index (χ3v) is 8.48. The number of aliphatic hydroxyl groups is 1. The maximum Gasteiger partial charge on any atom is 0.197 e. The van der Waals surface area contributed by atoms with Gasteiger partial charge in [-0.1, -0.05) is 29.8 Å². The van der Waals surface area contributed by atoms with Crippen molar-refractivity contribution in [2.45, 2.75) is 38.2 Å². The van der Waals surface area contributed by atoms with E-state index in [0.29, 0.717) is 79.1 Å². The van der Waals surface area contributed by atoms with Crippen LogP contribution in [-0.4, -0.2) is 47.4 Å². The molecule has 0 bridgehead atoms. The third-order valence-electron chi connectivity index (χ3n) is 8.19. The molecule has 0 unspecified atom stereocenters. The highest BCUT2D eigenvalue weighted by atomic mass is 35.5. The standard InChI is InChI=1S/C34H29ClFN3O5/c35-28-11-22(16-39-17-23(40)18-39)31(43-19-21-10-20(13-37)14-38-15-21)12-32(28)44-29-6-4-25-24(2-1-3-26(25)29)27-5-7-30-34(33(27)36)42-9-8-41-30/h1-3,5,7,10-12,14-15,23,29,40H,4,6,8-9,16-19H2/t29-/m0/s1. The number of aromatic nitrogens is 1. The highest BCUT2D eigenvalue weighted by molar-refractivity contribution is 6.32. The number of β-amino-alcohol motifs (C(OH)–C–C–N with tert-alkyl or cyclic N) is 1. The Bertz CT molecular complexity index is 1770. The number of likely N-dealkylation sites (tertiary alicyclic amines) is 1. The molecule has 8 nitrogen and oxygen atoms in total. The minimum absolute atomic E-state index is 0.152. The maximum absolute atomic E-state index is 15.6. The summed E-state index contributed by atoms with van der Waals surface area (Å²) in [5.41, 5.74) is 5.36. The van der Waals surface area contributed by atoms with E-state index in [1.807, 2.05) is 24.3 Å². The average molecular weight is 614 g/mol. The lowest BCUT2D eigenvalue weighted by molar-refractivity contribution is -0.00335. The van der Waals surface area contributed by atoms with Gasteiger partial charge in [-0.3, -0.25) is 9.88 Å². The summed E-state index contributed by atoms with van der Waals surface area (Å²) in [6, 6.07) is 16.8. The van der Waals surface area contributed by atoms with Crippen LogP contribution < -0.4 is 18.9 Å². The fourth-order valence-corrected chi connectivity index (χ4v) is 6.29. The summed E-state index contributed by atoms with van der Waals surface area (Å²) in [6.07, 6.45) is 3.96. The first kappa shape index (κ1) is 28.4. The van der Waals surface area contributed by atoms with Crippen LogP contribution in [-0.2, 0) is 19.6 Å². The average Bonchev–Trinajstić information content (AvgIpc) is 3.44. The second-order valence-electron chi connectivity index (χ2n) is 11.2. The Morgan fingerprint density at radius 3 is 2.77 bits per heavy atom. The van der Waals surface area contributed by atoms with Crippen molar-refractivity contribution in [1.82, 2.24) is 9.88 Å². The van der Waals surface area contributed by atoms with Crippen LogP contribution in [0.15, 0.2) is 60.9 Å². The SMILES string of the molecule is N#Cc1cncc(COc2cc(O[C@H]3CCc4c(-c5ccc6c(c5F)OCCO6)cccc43)c(Cl)cc2CN2CC(O)C2)c1. The number of aliphatic hydroxyl groups excluding tert-OH is 1. The molecule has 1 aliphatic carbocycles. The maximum atomic E-state index is 15.6. The van der Waals surface area contributed by atoms with Crippen LogP contribution in [0.5, 0.6) is 23.0 Å². The van der Waals surface area contributed by atoms with Gasteiger partial charge in [0, 0.05) is 54.8 Å². The second kappa shape index (κ2) is 12.0. The van der Waals surface area contributed by atoms with Crippen LogP contribution in [0, 0.1) is 17.1 Å². The van der Waals surface area contributed by atoms with E-state index in [4.69, 9.17) is 30.5 Å². The number of nitrogens with zero attached hydrogens (tertiary/aromatic N) is 3. The molecule has 10 heteroatoms. The molecule has 3 aliphatic rings. The second-order valence-corrected chi connectivity index (χ2v) is 11.6. The fourth-order valence-electron chi connectivity index (χ4n) is 6.06. The lowest BCUT2D eigenvalue weighted by atomic mass is 9.96. The molecule has 1 N–H and O–H groups in total. The molecule has 0 saturated carbocycles. The molecule has 224 valence electrons. The summed E-state index contributed by atoms with van der Waals surface area (Å²) in [5, 5.41) is 19.5. The number of hydrogen-bond donors (Lipinski definition) is 1. The van der Waals surface area contributed by atoms with E-state index in [1.54, 1.807) is 30.5 Å². The first-order valence-electron chi connectivity index (χ1n) is 14.5. The molecule has 0 amide bonds. The van der Waals surface area contributed by atoms with E-state index in [1.165, 1.54) is 6.20 Å². The highest BCUT2D eigenvalue weighted by Gasteiger charge is 2.30. The molecular weight excluding hydrogens is 585 g/mol. The molecule has 1 aromatic heterocycles. The Morgan fingerprint density at radius 1 is 1.07 bits per heavy atom. The summed E-state index contributed by atoms with van der Waals surface area (Å²) in [4.78, 5) is 6.23. The molecule has 44 heavy (non-hydrogen) atoms. The number of nitriles is 1. The number of halogens is 2. The third kappa shape index (κ3) is 5.52. The van der Waals surface area contributed by atoms with Crippen molar-refractivity contribution in [2.75, 3.05) is 26.3 Å². The number of fused-ring (bicyclic) bond motifs is 2. The number of benzene rings is 3. The zero-order chi connectivity index (χ0) is 30.2. The largest absolute Gasteiger partial charge is 0.488 e. The van der Waals surface area contributed by atoms with Crippen LogP contribution in [0.25, 0.3) is 11.1 Å². The lowest BCUT2D eigenvalue weighted by Crippen LogP contribution is -2.49. The molecule has 3 aromatic carbocycles. The van der Waals surface area contributed by atoms with Crippen molar-refractivity contribution in [3.63, 3.8) is 0 Å². The summed E-state index contributed by atoms with van der Waals surface area (Å²) >= 11 is 6.78. The molecule has 1 saturated heterocycles. The minimum atomic E-state index is -0.425. The fraction of sp³-hybridized carbons (Fsp3) is 0.294. The minimum Gasteiger partial charge on any atom is -0.488 e. The van der Waals surface area contributed by atoms with Crippen LogP contribution in [0.2, 0.25) is 5.02 Å². The predicted molar refractivity (Wildman–Crippen MR) is 161 cm³/mol. The Kier molecular flexibility index (Phi) is 7.73. The summed E-state index contributed by atoms with van der Waals surface area (Å²) in [6.45, 7) is 2.62. The van der Waals surface area contributed by atoms with Crippen molar-refractivity contribution in [2.24, 2.45) is 0 Å². The van der Waals surface area contributed by atoms with E-state index >= 15 is 4.39 Å². The molecule has 3 heterocycles. The topological polar surface area (TPSA) is 97.1 Å². The van der Waals surface area contributed by atoms with E-state index in [2.05, 4.69) is 16.0 Å². The molecule has 0 spiro atoms. The zero-order valence-corrected chi connectivity index (χ0v) is 24.5. The number of rotatable bonds is 8. The normalized spacial score (nSPS) is 17.5. The van der Waals surface area contributed by atoms with Crippen LogP contribution in [0.1, 0.15) is 40.3 Å². The van der Waals surface area contributed by atoms with Crippen LogP contribution in [0.3, 0.4) is 0 Å². The Balaban J connectivity index is 1.16. The van der Waals surface area contributed by atoms with Crippen molar-refractivity contribution >= 4 is 11.6 Å². The molecule has 0 radical (unpaired) electrons. The monoisotopic (exact) mass is 613 g/mol. The molecule has 7 rings (SSSR count). The number of hydrogen-bond acceptors (Lipinski definition) is 8. The molecule has 1 fully saturated rings. The van der Waals surface area contributed by atoms with Gasteiger partial charge in [-0.15, -0.1) is 0 Å². The van der Waals surface area contributed by atoms with E-state index in [9.17, 15) is 10.4 Å². The predicted octanol–water partition coefficient (Wildman–Crippen LogP) is 6.01. The van der Waals surface area contributed by atoms with E-state index in [-0.39, 0.29) is 24.6 Å². The van der Waals surface area contributed by atoms with Gasteiger partial charge < -0.3 is 24.1 Å². The van der Waals surface area contributed by atoms with Gasteiger partial charge >= 0.3 is 0 Å². The summed E-state index contributed by atoms with van der Waals surface area (Å²) in [5.74, 6) is 1.22. The Labute approximate surface area is 259 Å². The first-order chi connectivity index (χ1) is 21.5. The smallest absolute Gasteiger partial charge is 0.197 e. The summed E-state index contributed by atoms with van der Waals surface area (Å²) in [7, 11) is 0. The van der Waals surface area contributed by atoms with Gasteiger partial charge in [0.05, 0.1) is 16.7 Å². The van der Waals surface area contributed by atoms with Gasteiger partial charge in [0.15, 0.2) is 17.3 Å². The van der Waals surface area contributed by atoms with Crippen molar-refractivity contribution < 1.29 is 28.4 Å². The highest BCUT2D eigenvalue weighted by Crippen LogP contribution is 2.45.